The van der Waals surface area contributed by atoms with E-state index in [1.165, 1.54) is 19.1 Å². The number of esters is 1. The third kappa shape index (κ3) is 6.40. The molecule has 156 valence electrons. The maximum Gasteiger partial charge on any atom is 0.321 e. The van der Waals surface area contributed by atoms with Gasteiger partial charge in [-0.3, -0.25) is 9.59 Å². The zero-order chi connectivity index (χ0) is 21.6. The standard InChI is InChI=1S/C21H26N2O5S/c1-5-17-7-9-18(10-8-17)23-21(25)16(4)28-20(24)13-22-29(26,27)19-11-6-14(2)15(3)12-19/h6-12,16,22H,5,13H2,1-4H3,(H,23,25). The minimum Gasteiger partial charge on any atom is -0.452 e. The molecule has 29 heavy (non-hydrogen) atoms. The number of rotatable bonds is 8. The highest BCUT2D eigenvalue weighted by atomic mass is 32.2. The van der Waals surface area contributed by atoms with E-state index in [1.54, 1.807) is 25.1 Å². The Morgan fingerprint density at radius 1 is 1.03 bits per heavy atom. The Morgan fingerprint density at radius 3 is 2.28 bits per heavy atom. The average Bonchev–Trinajstić information content (AvgIpc) is 2.69. The first kappa shape index (κ1) is 22.6. The van der Waals surface area contributed by atoms with Crippen molar-refractivity contribution < 1.29 is 22.7 Å². The molecule has 7 nitrogen and oxygen atoms in total. The van der Waals surface area contributed by atoms with Crippen molar-refractivity contribution in [2.24, 2.45) is 0 Å². The van der Waals surface area contributed by atoms with E-state index in [2.05, 4.69) is 10.0 Å². The van der Waals surface area contributed by atoms with E-state index in [-0.39, 0.29) is 4.90 Å². The van der Waals surface area contributed by atoms with Crippen LogP contribution in [0.4, 0.5) is 5.69 Å². The quantitative estimate of drug-likeness (QED) is 0.642. The summed E-state index contributed by atoms with van der Waals surface area (Å²) in [5.41, 5.74) is 3.52. The van der Waals surface area contributed by atoms with Crippen molar-refractivity contribution in [3.63, 3.8) is 0 Å². The monoisotopic (exact) mass is 418 g/mol. The van der Waals surface area contributed by atoms with Crippen LogP contribution in [0.3, 0.4) is 0 Å². The van der Waals surface area contributed by atoms with Gasteiger partial charge in [0, 0.05) is 5.69 Å². The molecule has 0 fully saturated rings. The third-order valence-corrected chi connectivity index (χ3v) is 5.90. The highest BCUT2D eigenvalue weighted by Gasteiger charge is 2.21. The molecule has 0 aromatic heterocycles. The van der Waals surface area contributed by atoms with E-state index < -0.39 is 34.5 Å². The Hall–Kier alpha value is -2.71. The SMILES string of the molecule is CCc1ccc(NC(=O)C(C)OC(=O)CNS(=O)(=O)c2ccc(C)c(C)c2)cc1. The molecule has 0 bridgehead atoms. The predicted octanol–water partition coefficient (Wildman–Crippen LogP) is 2.71. The Bertz CT molecular complexity index is 985. The topological polar surface area (TPSA) is 102 Å². The van der Waals surface area contributed by atoms with Gasteiger partial charge < -0.3 is 10.1 Å². The van der Waals surface area contributed by atoms with Gasteiger partial charge in [-0.2, -0.15) is 4.72 Å². The number of anilines is 1. The molecule has 0 aliphatic rings. The average molecular weight is 419 g/mol. The summed E-state index contributed by atoms with van der Waals surface area (Å²) in [6.07, 6.45) is -0.181. The van der Waals surface area contributed by atoms with Crippen LogP contribution in [0.5, 0.6) is 0 Å². The van der Waals surface area contributed by atoms with Crippen LogP contribution in [0.15, 0.2) is 47.4 Å². The Labute approximate surface area is 171 Å². The Morgan fingerprint density at radius 2 is 1.69 bits per heavy atom. The van der Waals surface area contributed by atoms with Crippen molar-refractivity contribution in [3.8, 4) is 0 Å². The molecule has 0 saturated carbocycles. The number of sulfonamides is 1. The molecule has 2 N–H and O–H groups in total. The lowest BCUT2D eigenvalue weighted by atomic mass is 10.1. The van der Waals surface area contributed by atoms with Gasteiger partial charge in [-0.05, 0) is 68.1 Å². The first-order valence-corrected chi connectivity index (χ1v) is 10.8. The summed E-state index contributed by atoms with van der Waals surface area (Å²) in [7, 11) is -3.86. The van der Waals surface area contributed by atoms with E-state index >= 15 is 0 Å². The van der Waals surface area contributed by atoms with E-state index in [0.29, 0.717) is 5.69 Å². The summed E-state index contributed by atoms with van der Waals surface area (Å²) in [6.45, 7) is 6.56. The number of carbonyl (C=O) groups is 2. The fraction of sp³-hybridized carbons (Fsp3) is 0.333. The Balaban J connectivity index is 1.88. The number of nitrogens with one attached hydrogen (secondary N) is 2. The van der Waals surface area contributed by atoms with Gasteiger partial charge >= 0.3 is 5.97 Å². The molecule has 1 unspecified atom stereocenters. The molecule has 2 aromatic rings. The van der Waals surface area contributed by atoms with Gasteiger partial charge in [-0.25, -0.2) is 8.42 Å². The highest BCUT2D eigenvalue weighted by molar-refractivity contribution is 7.89. The van der Waals surface area contributed by atoms with Gasteiger partial charge in [0.25, 0.3) is 5.91 Å². The minimum atomic E-state index is -3.86. The molecule has 1 amide bonds. The number of ether oxygens (including phenoxy) is 1. The zero-order valence-corrected chi connectivity index (χ0v) is 17.8. The van der Waals surface area contributed by atoms with Gasteiger partial charge in [0.15, 0.2) is 6.10 Å². The lowest BCUT2D eigenvalue weighted by molar-refractivity contribution is -0.151. The summed E-state index contributed by atoms with van der Waals surface area (Å²) < 4.78 is 31.8. The molecule has 0 radical (unpaired) electrons. The van der Waals surface area contributed by atoms with Crippen molar-refractivity contribution in [2.75, 3.05) is 11.9 Å². The second kappa shape index (κ2) is 9.67. The number of aryl methyl sites for hydroxylation is 3. The van der Waals surface area contributed by atoms with E-state index in [9.17, 15) is 18.0 Å². The van der Waals surface area contributed by atoms with Crippen LogP contribution in [0.1, 0.15) is 30.5 Å². The van der Waals surface area contributed by atoms with Gasteiger partial charge in [0.05, 0.1) is 4.90 Å². The first-order chi connectivity index (χ1) is 13.6. The van der Waals surface area contributed by atoms with Crippen LogP contribution in [-0.4, -0.2) is 32.9 Å². The van der Waals surface area contributed by atoms with Crippen molar-refractivity contribution in [1.29, 1.82) is 0 Å². The molecule has 1 atom stereocenters. The number of amides is 1. The van der Waals surface area contributed by atoms with Crippen LogP contribution in [0.25, 0.3) is 0 Å². The van der Waals surface area contributed by atoms with Gasteiger partial charge in [0.2, 0.25) is 10.0 Å². The lowest BCUT2D eigenvalue weighted by Gasteiger charge is -2.14. The van der Waals surface area contributed by atoms with E-state index in [4.69, 9.17) is 4.74 Å². The fourth-order valence-corrected chi connectivity index (χ4v) is 3.53. The summed E-state index contributed by atoms with van der Waals surface area (Å²) in [5.74, 6) is -1.35. The van der Waals surface area contributed by atoms with Crippen molar-refractivity contribution >= 4 is 27.6 Å². The normalized spacial score (nSPS) is 12.3. The van der Waals surface area contributed by atoms with Crippen LogP contribution in [-0.2, 0) is 30.8 Å². The maximum atomic E-state index is 12.3. The molecular formula is C21H26N2O5S. The summed E-state index contributed by atoms with van der Waals surface area (Å²) in [4.78, 5) is 24.2. The van der Waals surface area contributed by atoms with Crippen LogP contribution < -0.4 is 10.0 Å². The minimum absolute atomic E-state index is 0.0646. The molecule has 0 saturated heterocycles. The summed E-state index contributed by atoms with van der Waals surface area (Å²) in [6, 6.07) is 12.0. The Kier molecular flexibility index (Phi) is 7.53. The lowest BCUT2D eigenvalue weighted by Crippen LogP contribution is -2.35. The second-order valence-electron chi connectivity index (χ2n) is 6.74. The van der Waals surface area contributed by atoms with Gasteiger partial charge in [-0.1, -0.05) is 25.1 Å². The summed E-state index contributed by atoms with van der Waals surface area (Å²) in [5, 5.41) is 2.65. The fourth-order valence-electron chi connectivity index (χ4n) is 2.48. The predicted molar refractivity (Wildman–Crippen MR) is 111 cm³/mol. The first-order valence-electron chi connectivity index (χ1n) is 9.28. The molecule has 2 aromatic carbocycles. The second-order valence-corrected chi connectivity index (χ2v) is 8.51. The number of benzene rings is 2. The van der Waals surface area contributed by atoms with E-state index in [0.717, 1.165) is 23.1 Å². The molecule has 0 aliphatic carbocycles. The van der Waals surface area contributed by atoms with Crippen LogP contribution >= 0.6 is 0 Å². The van der Waals surface area contributed by atoms with Gasteiger partial charge in [-0.15, -0.1) is 0 Å². The zero-order valence-electron chi connectivity index (χ0n) is 17.0. The molecule has 0 spiro atoms. The highest BCUT2D eigenvalue weighted by Crippen LogP contribution is 2.14. The molecule has 8 heteroatoms. The molecular weight excluding hydrogens is 392 g/mol. The largest absolute Gasteiger partial charge is 0.452 e. The number of hydrogen-bond acceptors (Lipinski definition) is 5. The molecule has 0 heterocycles. The van der Waals surface area contributed by atoms with Crippen molar-refractivity contribution in [2.45, 2.75) is 45.1 Å². The van der Waals surface area contributed by atoms with Crippen LogP contribution in [0.2, 0.25) is 0 Å². The molecule has 0 aliphatic heterocycles. The smallest absolute Gasteiger partial charge is 0.321 e. The van der Waals surface area contributed by atoms with Crippen molar-refractivity contribution in [3.05, 3.63) is 59.2 Å². The third-order valence-electron chi connectivity index (χ3n) is 4.50. The summed E-state index contributed by atoms with van der Waals surface area (Å²) >= 11 is 0. The maximum absolute atomic E-state index is 12.3. The molecule has 2 rings (SSSR count). The van der Waals surface area contributed by atoms with Crippen molar-refractivity contribution in [1.82, 2.24) is 4.72 Å². The van der Waals surface area contributed by atoms with Gasteiger partial charge in [0.1, 0.15) is 6.54 Å². The van der Waals surface area contributed by atoms with E-state index in [1.807, 2.05) is 26.0 Å². The number of carbonyl (C=O) groups excluding carboxylic acids is 2. The number of hydrogen-bond donors (Lipinski definition) is 2. The van der Waals surface area contributed by atoms with Crippen LogP contribution in [0, 0.1) is 13.8 Å².